The zero-order valence-electron chi connectivity index (χ0n) is 15.1. The molecule has 5 rings (SSSR count). The molecule has 0 aliphatic carbocycles. The summed E-state index contributed by atoms with van der Waals surface area (Å²) in [4.78, 5) is 3.71. The zero-order chi connectivity index (χ0) is 17.1. The van der Waals surface area contributed by atoms with Crippen LogP contribution in [0.25, 0.3) is 32.7 Å². The van der Waals surface area contributed by atoms with Gasteiger partial charge in [0.1, 0.15) is 17.4 Å². The molecule has 0 bridgehead atoms. The summed E-state index contributed by atoms with van der Waals surface area (Å²) in [6.07, 6.45) is 4.76. The van der Waals surface area contributed by atoms with Crippen LogP contribution in [0.3, 0.4) is 0 Å². The van der Waals surface area contributed by atoms with E-state index in [9.17, 15) is 0 Å². The van der Waals surface area contributed by atoms with Crippen molar-refractivity contribution in [3.05, 3.63) is 66.5 Å². The quantitative estimate of drug-likeness (QED) is 0.435. The smallest absolute Gasteiger partial charge is 0.168 e. The second-order valence-corrected chi connectivity index (χ2v) is 6.99. The Morgan fingerprint density at radius 2 is 1.81 bits per heavy atom. The SMILES string of the molecule is Cc1c(N2C=C[NH+](C)[C@@H]2C)ccc2c1oc1ccc3ccccc3c12.[I-]. The third kappa shape index (κ3) is 2.36. The predicted octanol–water partition coefficient (Wildman–Crippen LogP) is 1.20. The number of hydrogen-bond donors (Lipinski definition) is 1. The van der Waals surface area contributed by atoms with Crippen molar-refractivity contribution >= 4 is 38.4 Å². The van der Waals surface area contributed by atoms with E-state index in [1.807, 2.05) is 0 Å². The Bertz CT molecular complexity index is 1160. The molecule has 1 unspecified atom stereocenters. The lowest BCUT2D eigenvalue weighted by molar-refractivity contribution is -0.843. The van der Waals surface area contributed by atoms with Crippen molar-refractivity contribution in [1.29, 1.82) is 0 Å². The number of nitrogens with one attached hydrogen (secondary N) is 1. The molecule has 132 valence electrons. The van der Waals surface area contributed by atoms with Gasteiger partial charge in [0.05, 0.1) is 18.9 Å². The van der Waals surface area contributed by atoms with E-state index in [1.165, 1.54) is 37.7 Å². The molecule has 2 atom stereocenters. The first-order valence-corrected chi connectivity index (χ1v) is 8.79. The van der Waals surface area contributed by atoms with E-state index in [2.05, 4.69) is 86.7 Å². The number of benzene rings is 3. The first kappa shape index (κ1) is 17.4. The Morgan fingerprint density at radius 3 is 2.58 bits per heavy atom. The van der Waals surface area contributed by atoms with Crippen molar-refractivity contribution in [2.45, 2.75) is 20.0 Å². The fraction of sp³-hybridized carbons (Fsp3) is 0.182. The molecule has 0 spiro atoms. The van der Waals surface area contributed by atoms with Gasteiger partial charge in [-0.3, -0.25) is 9.80 Å². The summed E-state index contributed by atoms with van der Waals surface area (Å²) in [7, 11) is 2.18. The van der Waals surface area contributed by atoms with E-state index in [1.54, 1.807) is 0 Å². The zero-order valence-corrected chi connectivity index (χ0v) is 17.2. The lowest BCUT2D eigenvalue weighted by atomic mass is 10.0. The van der Waals surface area contributed by atoms with Crippen molar-refractivity contribution in [2.24, 2.45) is 0 Å². The maximum atomic E-state index is 6.30. The van der Waals surface area contributed by atoms with Crippen molar-refractivity contribution in [3.63, 3.8) is 0 Å². The minimum Gasteiger partial charge on any atom is -1.00 e. The third-order valence-corrected chi connectivity index (χ3v) is 5.60. The highest BCUT2D eigenvalue weighted by Crippen LogP contribution is 2.39. The number of rotatable bonds is 1. The number of furan rings is 1. The molecule has 2 heterocycles. The lowest BCUT2D eigenvalue weighted by Crippen LogP contribution is -3.08. The largest absolute Gasteiger partial charge is 1.00 e. The summed E-state index contributed by atoms with van der Waals surface area (Å²) < 4.78 is 6.30. The van der Waals surface area contributed by atoms with Crippen LogP contribution in [-0.4, -0.2) is 13.2 Å². The summed E-state index contributed by atoms with van der Waals surface area (Å²) >= 11 is 0. The molecule has 4 heteroatoms. The lowest BCUT2D eigenvalue weighted by Gasteiger charge is -2.24. The van der Waals surface area contributed by atoms with Gasteiger partial charge in [0.25, 0.3) is 0 Å². The normalized spacial score (nSPS) is 19.6. The van der Waals surface area contributed by atoms with E-state index in [0.717, 1.165) is 11.2 Å². The first-order valence-electron chi connectivity index (χ1n) is 8.79. The van der Waals surface area contributed by atoms with Crippen LogP contribution in [0, 0.1) is 6.92 Å². The molecule has 1 aliphatic heterocycles. The highest BCUT2D eigenvalue weighted by Gasteiger charge is 2.27. The molecule has 0 fully saturated rings. The molecule has 3 nitrogen and oxygen atoms in total. The molecule has 1 N–H and O–H groups in total. The minimum absolute atomic E-state index is 0. The van der Waals surface area contributed by atoms with Crippen molar-refractivity contribution in [1.82, 2.24) is 0 Å². The molecule has 0 amide bonds. The van der Waals surface area contributed by atoms with E-state index in [0.29, 0.717) is 6.17 Å². The topological polar surface area (TPSA) is 20.8 Å². The van der Waals surface area contributed by atoms with Gasteiger partial charge >= 0.3 is 0 Å². The highest BCUT2D eigenvalue weighted by molar-refractivity contribution is 6.19. The molecule has 3 aromatic carbocycles. The average molecular weight is 456 g/mol. The van der Waals surface area contributed by atoms with Crippen LogP contribution in [0.1, 0.15) is 12.5 Å². The van der Waals surface area contributed by atoms with E-state index in [4.69, 9.17) is 4.42 Å². The monoisotopic (exact) mass is 456 g/mol. The van der Waals surface area contributed by atoms with Gasteiger partial charge < -0.3 is 28.4 Å². The molecule has 26 heavy (non-hydrogen) atoms. The van der Waals surface area contributed by atoms with Crippen LogP contribution >= 0.6 is 0 Å². The summed E-state index contributed by atoms with van der Waals surface area (Å²) in [5.74, 6) is 0. The number of quaternary nitrogens is 1. The van der Waals surface area contributed by atoms with Gasteiger partial charge in [0.15, 0.2) is 6.17 Å². The maximum absolute atomic E-state index is 6.30. The van der Waals surface area contributed by atoms with Crippen LogP contribution in [0.4, 0.5) is 5.69 Å². The first-order chi connectivity index (χ1) is 12.1. The Kier molecular flexibility index (Phi) is 4.20. The van der Waals surface area contributed by atoms with Gasteiger partial charge in [-0.1, -0.05) is 30.3 Å². The minimum atomic E-state index is 0. The Hall–Kier alpha value is -2.05. The second-order valence-electron chi connectivity index (χ2n) is 6.99. The van der Waals surface area contributed by atoms with Crippen molar-refractivity contribution in [2.75, 3.05) is 11.9 Å². The average Bonchev–Trinajstić information content (AvgIpc) is 3.17. The highest BCUT2D eigenvalue weighted by atomic mass is 127. The van der Waals surface area contributed by atoms with E-state index < -0.39 is 0 Å². The van der Waals surface area contributed by atoms with Gasteiger partial charge in [-0.2, -0.15) is 0 Å². The molecule has 0 saturated carbocycles. The number of halogens is 1. The predicted molar refractivity (Wildman–Crippen MR) is 104 cm³/mol. The van der Waals surface area contributed by atoms with Gasteiger partial charge in [-0.25, -0.2) is 0 Å². The van der Waals surface area contributed by atoms with Crippen LogP contribution < -0.4 is 33.8 Å². The summed E-state index contributed by atoms with van der Waals surface area (Å²) in [6, 6.07) is 17.2. The standard InChI is InChI=1S/C22H20N2O.HI/c1-14-19(24-13-12-23(3)15(24)2)10-9-18-21-17-7-5-4-6-16(17)8-11-20(21)25-22(14)18;/h4-13,15H,1-3H3;1H/t15-;/m0./s1. The van der Waals surface area contributed by atoms with Crippen LogP contribution in [0.5, 0.6) is 0 Å². The fourth-order valence-corrected chi connectivity index (χ4v) is 3.99. The summed E-state index contributed by atoms with van der Waals surface area (Å²) in [5.41, 5.74) is 4.37. The Balaban J connectivity index is 0.00000168. The Labute approximate surface area is 169 Å². The number of fused-ring (bicyclic) bond motifs is 5. The summed E-state index contributed by atoms with van der Waals surface area (Å²) in [6.45, 7) is 4.40. The Morgan fingerprint density at radius 1 is 1.00 bits per heavy atom. The number of hydrogen-bond acceptors (Lipinski definition) is 2. The number of aryl methyl sites for hydroxylation is 1. The van der Waals surface area contributed by atoms with E-state index >= 15 is 0 Å². The van der Waals surface area contributed by atoms with E-state index in [-0.39, 0.29) is 24.0 Å². The van der Waals surface area contributed by atoms with Crippen LogP contribution in [-0.2, 0) is 0 Å². The van der Waals surface area contributed by atoms with Gasteiger partial charge in [0.2, 0.25) is 0 Å². The van der Waals surface area contributed by atoms with Crippen LogP contribution in [0.15, 0.2) is 65.3 Å². The van der Waals surface area contributed by atoms with Crippen molar-refractivity contribution < 1.29 is 33.3 Å². The van der Waals surface area contributed by atoms with Crippen molar-refractivity contribution in [3.8, 4) is 0 Å². The number of anilines is 1. The van der Waals surface area contributed by atoms with Gasteiger partial charge in [-0.05, 0) is 35.9 Å². The molecular formula is C22H21IN2O. The number of nitrogens with zero attached hydrogens (tertiary/aromatic N) is 1. The molecular weight excluding hydrogens is 435 g/mol. The van der Waals surface area contributed by atoms with Crippen LogP contribution in [0.2, 0.25) is 0 Å². The maximum Gasteiger partial charge on any atom is 0.168 e. The second kappa shape index (κ2) is 6.28. The third-order valence-electron chi connectivity index (χ3n) is 5.60. The molecule has 1 aromatic heterocycles. The summed E-state index contributed by atoms with van der Waals surface area (Å²) in [5, 5.41) is 4.92. The van der Waals surface area contributed by atoms with Gasteiger partial charge in [0, 0.05) is 23.3 Å². The molecule has 1 aliphatic rings. The molecule has 0 saturated heterocycles. The van der Waals surface area contributed by atoms with Gasteiger partial charge in [-0.15, -0.1) is 0 Å². The fourth-order valence-electron chi connectivity index (χ4n) is 3.99. The molecule has 4 aromatic rings. The molecule has 0 radical (unpaired) electrons.